The zero-order valence-corrected chi connectivity index (χ0v) is 6.24. The molecule has 0 rings (SSSR count). The van der Waals surface area contributed by atoms with Crippen LogP contribution >= 0.6 is 34.8 Å². The topological polar surface area (TPSA) is 0 Å². The molecule has 0 fully saturated rings. The van der Waals surface area contributed by atoms with Crippen molar-refractivity contribution < 1.29 is 13.2 Å². The van der Waals surface area contributed by atoms with E-state index >= 15 is 0 Å². The third kappa shape index (κ3) is 2.40. The quantitative estimate of drug-likeness (QED) is 0.603. The lowest BCUT2D eigenvalue weighted by Crippen LogP contribution is -2.35. The highest BCUT2D eigenvalue weighted by Crippen LogP contribution is 2.40. The summed E-state index contributed by atoms with van der Waals surface area (Å²) in [5.74, 6) is -1.05. The molecule has 0 nitrogen and oxygen atoms in total. The van der Waals surface area contributed by atoms with E-state index in [1.54, 1.807) is 0 Å². The molecular formula is C3H2Cl3F3. The summed E-state index contributed by atoms with van der Waals surface area (Å²) in [5.41, 5.74) is 0. The van der Waals surface area contributed by atoms with Gasteiger partial charge in [0, 0.05) is 0 Å². The summed E-state index contributed by atoms with van der Waals surface area (Å²) >= 11 is 13.4. The van der Waals surface area contributed by atoms with Crippen molar-refractivity contribution in [3.05, 3.63) is 0 Å². The molecule has 0 N–H and O–H groups in total. The second-order valence-electron chi connectivity index (χ2n) is 1.34. The summed E-state index contributed by atoms with van der Waals surface area (Å²) in [5, 5.41) is -7.47. The molecule has 0 aliphatic carbocycles. The van der Waals surface area contributed by atoms with Gasteiger partial charge < -0.3 is 0 Å². The molecule has 6 heteroatoms. The predicted octanol–water partition coefficient (Wildman–Crippen LogP) is 2.96. The van der Waals surface area contributed by atoms with Crippen LogP contribution < -0.4 is 0 Å². The molecule has 0 aromatic carbocycles. The fourth-order valence-corrected chi connectivity index (χ4v) is 0.379. The minimum atomic E-state index is -4.11. The van der Waals surface area contributed by atoms with Crippen molar-refractivity contribution in [2.75, 3.05) is 5.88 Å². The molecule has 0 spiro atoms. The molecule has 0 aromatic heterocycles. The van der Waals surface area contributed by atoms with Gasteiger partial charge in [-0.05, 0) is 11.6 Å². The Morgan fingerprint density at radius 1 is 1.11 bits per heavy atom. The van der Waals surface area contributed by atoms with Gasteiger partial charge in [-0.3, -0.25) is 0 Å². The third-order valence-corrected chi connectivity index (χ3v) is 1.85. The molecule has 0 amide bonds. The van der Waals surface area contributed by atoms with Gasteiger partial charge in [0.1, 0.15) is 0 Å². The largest absolute Gasteiger partial charge is 0.370 e. The molecular weight excluding hydrogens is 199 g/mol. The molecule has 56 valence electrons. The molecule has 1 unspecified atom stereocenters. The van der Waals surface area contributed by atoms with Gasteiger partial charge in [-0.15, -0.1) is 11.6 Å². The Hall–Kier alpha value is 0.660. The van der Waals surface area contributed by atoms with Crippen LogP contribution in [0.25, 0.3) is 0 Å². The third-order valence-electron chi connectivity index (χ3n) is 0.583. The molecule has 0 heterocycles. The van der Waals surface area contributed by atoms with Gasteiger partial charge in [-0.25, -0.2) is 4.39 Å². The number of alkyl halides is 6. The van der Waals surface area contributed by atoms with Gasteiger partial charge in [0.25, 0.3) is 5.13 Å². The van der Waals surface area contributed by atoms with Crippen molar-refractivity contribution >= 4 is 34.8 Å². The second kappa shape index (κ2) is 2.72. The summed E-state index contributed by atoms with van der Waals surface area (Å²) in [7, 11) is 0. The van der Waals surface area contributed by atoms with Crippen LogP contribution in [0.5, 0.6) is 0 Å². The van der Waals surface area contributed by atoms with E-state index in [0.29, 0.717) is 0 Å². The Balaban J connectivity index is 4.14. The van der Waals surface area contributed by atoms with Gasteiger partial charge in [-0.2, -0.15) is 8.78 Å². The van der Waals surface area contributed by atoms with E-state index in [0.717, 1.165) is 0 Å². The van der Waals surface area contributed by atoms with Crippen molar-refractivity contribution in [2.45, 2.75) is 10.5 Å². The van der Waals surface area contributed by atoms with Crippen LogP contribution in [-0.4, -0.2) is 16.4 Å². The summed E-state index contributed by atoms with van der Waals surface area (Å²) in [4.78, 5) is 0. The highest BCUT2D eigenvalue weighted by Gasteiger charge is 2.51. The van der Waals surface area contributed by atoms with Crippen molar-refractivity contribution in [1.29, 1.82) is 0 Å². The van der Waals surface area contributed by atoms with Gasteiger partial charge in [0.2, 0.25) is 0 Å². The van der Waals surface area contributed by atoms with E-state index in [1.807, 2.05) is 0 Å². The van der Waals surface area contributed by atoms with Crippen LogP contribution in [0, 0.1) is 0 Å². The minimum absolute atomic E-state index is 1.05. The first kappa shape index (κ1) is 9.66. The van der Waals surface area contributed by atoms with Crippen LogP contribution in [-0.2, 0) is 0 Å². The van der Waals surface area contributed by atoms with Crippen molar-refractivity contribution in [1.82, 2.24) is 0 Å². The summed E-state index contributed by atoms with van der Waals surface area (Å²) in [6, 6.07) is 0. The van der Waals surface area contributed by atoms with E-state index < -0.39 is 16.4 Å². The molecule has 0 saturated heterocycles. The van der Waals surface area contributed by atoms with E-state index in [-0.39, 0.29) is 0 Å². The lowest BCUT2D eigenvalue weighted by atomic mass is 10.4. The zero-order chi connectivity index (χ0) is 7.71. The van der Waals surface area contributed by atoms with Gasteiger partial charge in [0.15, 0.2) is 0 Å². The number of rotatable bonds is 2. The van der Waals surface area contributed by atoms with E-state index in [1.165, 1.54) is 0 Å². The highest BCUT2D eigenvalue weighted by atomic mass is 35.5. The fourth-order valence-electron chi connectivity index (χ4n) is 0.0758. The highest BCUT2D eigenvalue weighted by molar-refractivity contribution is 6.36. The lowest BCUT2D eigenvalue weighted by Gasteiger charge is -2.18. The average Bonchev–Trinajstić information content (AvgIpc) is 1.64. The van der Waals surface area contributed by atoms with Crippen molar-refractivity contribution in [3.63, 3.8) is 0 Å². The maximum Gasteiger partial charge on any atom is 0.370 e. The van der Waals surface area contributed by atoms with Crippen LogP contribution in [0.4, 0.5) is 13.2 Å². The number of hydrogen-bond acceptors (Lipinski definition) is 0. The number of hydrogen-bond donors (Lipinski definition) is 0. The number of halogens is 6. The molecule has 1 atom stereocenters. The normalized spacial score (nSPS) is 19.3. The maximum atomic E-state index is 12.1. The Labute approximate surface area is 64.9 Å². The SMILES string of the molecule is FC(F)(Cl)C(F)(Cl)CCl. The molecule has 0 saturated carbocycles. The smallest absolute Gasteiger partial charge is 0.217 e. The lowest BCUT2D eigenvalue weighted by molar-refractivity contribution is -0.00730. The van der Waals surface area contributed by atoms with Crippen LogP contribution in [0.2, 0.25) is 0 Å². The maximum absolute atomic E-state index is 12.1. The van der Waals surface area contributed by atoms with Crippen LogP contribution in [0.15, 0.2) is 0 Å². The van der Waals surface area contributed by atoms with E-state index in [2.05, 4.69) is 23.2 Å². The molecule has 0 bridgehead atoms. The fraction of sp³-hybridized carbons (Fsp3) is 1.00. The molecule has 0 aromatic rings. The average molecular weight is 201 g/mol. The van der Waals surface area contributed by atoms with Gasteiger partial charge in [-0.1, -0.05) is 11.6 Å². The van der Waals surface area contributed by atoms with Crippen molar-refractivity contribution in [2.24, 2.45) is 0 Å². The first-order chi connectivity index (χ1) is 3.81. The monoisotopic (exact) mass is 200 g/mol. The summed E-state index contributed by atoms with van der Waals surface area (Å²) in [6.07, 6.45) is 0. The van der Waals surface area contributed by atoms with Crippen LogP contribution in [0.1, 0.15) is 0 Å². The predicted molar refractivity (Wildman–Crippen MR) is 31.2 cm³/mol. The standard InChI is InChI=1S/C3H2Cl3F3/c4-1-2(5,7)3(6,8)9/h1H2. The minimum Gasteiger partial charge on any atom is -0.217 e. The second-order valence-corrected chi connectivity index (χ2v) is 2.68. The first-order valence-electron chi connectivity index (χ1n) is 1.82. The zero-order valence-electron chi connectivity index (χ0n) is 3.97. The Morgan fingerprint density at radius 3 is 1.44 bits per heavy atom. The Kier molecular flexibility index (Phi) is 2.92. The first-order valence-corrected chi connectivity index (χ1v) is 3.11. The van der Waals surface area contributed by atoms with Gasteiger partial charge in [0.05, 0.1) is 5.88 Å². The molecule has 0 aliphatic heterocycles. The summed E-state index contributed by atoms with van der Waals surface area (Å²) in [6.45, 7) is 0. The van der Waals surface area contributed by atoms with E-state index in [9.17, 15) is 13.2 Å². The van der Waals surface area contributed by atoms with Crippen molar-refractivity contribution in [3.8, 4) is 0 Å². The molecule has 9 heavy (non-hydrogen) atoms. The Bertz CT molecular complexity index is 97.0. The van der Waals surface area contributed by atoms with E-state index in [4.69, 9.17) is 11.6 Å². The van der Waals surface area contributed by atoms with Crippen LogP contribution in [0.3, 0.4) is 0 Å². The molecule has 0 radical (unpaired) electrons. The molecule has 0 aliphatic rings. The Morgan fingerprint density at radius 2 is 1.44 bits per heavy atom. The summed E-state index contributed by atoms with van der Waals surface area (Å²) < 4.78 is 35.4. The van der Waals surface area contributed by atoms with Gasteiger partial charge >= 0.3 is 5.38 Å².